The van der Waals surface area contributed by atoms with Crippen LogP contribution in [-0.2, 0) is 17.1 Å². The molecule has 13 heteroatoms. The molecule has 128 valence electrons. The average molecular weight is 864 g/mol. The van der Waals surface area contributed by atoms with Gasteiger partial charge in [0.05, 0.1) is 0 Å². The van der Waals surface area contributed by atoms with Crippen LogP contribution in [0.3, 0.4) is 0 Å². The first kappa shape index (κ1) is 26.3. The van der Waals surface area contributed by atoms with Gasteiger partial charge in [-0.15, -0.1) is 0 Å². The van der Waals surface area contributed by atoms with Crippen LogP contribution in [0.5, 0.6) is 0 Å². The monoisotopic (exact) mass is 857 g/mol. The molecule has 2 rings (SSSR count). The van der Waals surface area contributed by atoms with Crippen molar-refractivity contribution in [2.75, 3.05) is 0 Å². The molecule has 2 aromatic carbocycles. The van der Waals surface area contributed by atoms with E-state index in [2.05, 4.69) is 162 Å². The van der Waals surface area contributed by atoms with Crippen molar-refractivity contribution < 1.29 is 17.1 Å². The van der Waals surface area contributed by atoms with Crippen LogP contribution in [0, 0.1) is 0 Å². The van der Waals surface area contributed by atoms with Gasteiger partial charge in [-0.25, -0.2) is 6.07 Å². The van der Waals surface area contributed by atoms with E-state index in [0.717, 1.165) is 0 Å². The minimum absolute atomic E-state index is 0. The summed E-state index contributed by atoms with van der Waals surface area (Å²) in [7, 11) is 0. The standard InChI is InChI=1S/2C5H3B2Br4.Fe/c2*8-6(9)4-1-2-5(3-4)7(10)11;/h2*1-3H;/q-5;-1;. The van der Waals surface area contributed by atoms with E-state index in [1.807, 2.05) is 0 Å². The fraction of sp³-hybridized carbons (Fsp3) is 0. The molecule has 23 heavy (non-hydrogen) atoms. The first-order valence-corrected chi connectivity index (χ1v) is 13.2. The van der Waals surface area contributed by atoms with Gasteiger partial charge in [-0.05, 0) is 0 Å². The smallest absolute Gasteiger partial charge is 0.266 e. The van der Waals surface area contributed by atoms with E-state index in [4.69, 9.17) is 0 Å². The van der Waals surface area contributed by atoms with E-state index in [9.17, 15) is 0 Å². The van der Waals surface area contributed by atoms with Gasteiger partial charge >= 0.3 is 0 Å². The Morgan fingerprint density at radius 2 is 1.26 bits per heavy atom. The second kappa shape index (κ2) is 13.5. The predicted molar refractivity (Wildman–Crippen MR) is 137 cm³/mol. The number of hydrogen-bond acceptors (Lipinski definition) is 0. The third kappa shape index (κ3) is 9.89. The molecule has 0 saturated carbocycles. The minimum Gasteiger partial charge on any atom is -0.749 e. The molecule has 0 spiro atoms. The van der Waals surface area contributed by atoms with Gasteiger partial charge in [-0.2, -0.15) is 149 Å². The van der Waals surface area contributed by atoms with Crippen LogP contribution >= 0.6 is 126 Å². The Morgan fingerprint density at radius 3 is 1.48 bits per heavy atom. The summed E-state index contributed by atoms with van der Waals surface area (Å²) in [5.74, 6) is 0. The van der Waals surface area contributed by atoms with Crippen molar-refractivity contribution in [2.24, 2.45) is 0 Å². The molecule has 0 aliphatic heterocycles. The van der Waals surface area contributed by atoms with Crippen LogP contribution < -0.4 is 21.9 Å². The van der Waals surface area contributed by atoms with Crippen LogP contribution in [0.2, 0.25) is 0 Å². The summed E-state index contributed by atoms with van der Waals surface area (Å²) in [6.07, 6.45) is 0. The van der Waals surface area contributed by atoms with Gasteiger partial charge in [-0.3, -0.25) is 0 Å². The van der Waals surface area contributed by atoms with E-state index in [0.29, 0.717) is 0 Å². The molecule has 0 heterocycles. The van der Waals surface area contributed by atoms with Crippen LogP contribution in [0.1, 0.15) is 0 Å². The third-order valence-electron chi connectivity index (χ3n) is 2.61. The number of halogens is 8. The zero-order valence-electron chi connectivity index (χ0n) is 11.2. The fourth-order valence-corrected chi connectivity index (χ4v) is 3.78. The normalized spacial score (nSPS) is 9.39. The van der Waals surface area contributed by atoms with Gasteiger partial charge in [0.1, 0.15) is 8.72 Å². The van der Waals surface area contributed by atoms with Crippen LogP contribution in [-0.4, -0.2) is 17.4 Å². The molecule has 0 atom stereocenters. The topological polar surface area (TPSA) is 0 Å². The minimum atomic E-state index is 0. The summed E-state index contributed by atoms with van der Waals surface area (Å²) in [5.41, 5.74) is 4.96. The Hall–Kier alpha value is 3.32. The van der Waals surface area contributed by atoms with Gasteiger partial charge in [-0.1, -0.05) is 0 Å². The Bertz CT molecular complexity index is 475. The molecule has 0 aliphatic carbocycles. The molecule has 0 bridgehead atoms. The van der Waals surface area contributed by atoms with E-state index < -0.39 is 0 Å². The molecule has 0 fully saturated rings. The summed E-state index contributed by atoms with van der Waals surface area (Å²) in [4.78, 5) is 0. The van der Waals surface area contributed by atoms with Crippen molar-refractivity contribution >= 4 is 165 Å². The van der Waals surface area contributed by atoms with Crippen LogP contribution in [0.15, 0.2) is 36.4 Å². The van der Waals surface area contributed by atoms with Crippen LogP contribution in [0.4, 0.5) is 0 Å². The van der Waals surface area contributed by atoms with Crippen molar-refractivity contribution in [2.45, 2.75) is 0 Å². The summed E-state index contributed by atoms with van der Waals surface area (Å²) in [5, 5.41) is 0. The van der Waals surface area contributed by atoms with Crippen molar-refractivity contribution in [3.63, 3.8) is 0 Å². The van der Waals surface area contributed by atoms with Crippen LogP contribution in [0.25, 0.3) is 0 Å². The van der Waals surface area contributed by atoms with Gasteiger partial charge in [0, 0.05) is 17.1 Å². The van der Waals surface area contributed by atoms with E-state index in [1.165, 1.54) is 21.9 Å². The zero-order valence-corrected chi connectivity index (χ0v) is 24.9. The molecule has 0 N–H and O–H groups in total. The predicted octanol–water partition coefficient (Wildman–Crippen LogP) is 4.75. The Labute approximate surface area is 215 Å². The molecule has 0 amide bonds. The fourth-order valence-electron chi connectivity index (χ4n) is 1.51. The molecule has 0 radical (unpaired) electrons. The zero-order chi connectivity index (χ0) is 16.9. The quantitative estimate of drug-likeness (QED) is 0.308. The maximum absolute atomic E-state index is 3.43. The number of hydrogen-bond donors (Lipinski definition) is 0. The SMILES string of the molecule is BrB(Br)[c-]1[cH-][cH-][c-](B(Br)Br)[cH-]1.BrB(Br)c1cc[c-](B(Br)Br)c1.[Fe]. The van der Waals surface area contributed by atoms with Crippen molar-refractivity contribution in [1.29, 1.82) is 0 Å². The molecule has 2 aromatic rings. The molecule has 0 aliphatic rings. The molecular formula is C10H6B4Br8Fe-6. The molecule has 0 unspecified atom stereocenters. The second-order valence-corrected chi connectivity index (χ2v) is 16.4. The average Bonchev–Trinajstić information content (AvgIpc) is 3.09. The van der Waals surface area contributed by atoms with E-state index in [1.54, 1.807) is 0 Å². The maximum atomic E-state index is 3.43. The van der Waals surface area contributed by atoms with Crippen molar-refractivity contribution in [3.8, 4) is 0 Å². The summed E-state index contributed by atoms with van der Waals surface area (Å²) in [6, 6.07) is 12.6. The van der Waals surface area contributed by atoms with Crippen molar-refractivity contribution in [3.05, 3.63) is 36.4 Å². The summed E-state index contributed by atoms with van der Waals surface area (Å²) < 4.78 is 1.01. The maximum Gasteiger partial charge on any atom is 0.266 e. The molecule has 0 aromatic heterocycles. The number of rotatable bonds is 4. The third-order valence-corrected chi connectivity index (χ3v) is 6.84. The van der Waals surface area contributed by atoms with E-state index >= 15 is 0 Å². The largest absolute Gasteiger partial charge is 0.749 e. The molecular weight excluding hydrogens is 858 g/mol. The van der Waals surface area contributed by atoms with Crippen molar-refractivity contribution in [1.82, 2.24) is 0 Å². The second-order valence-electron chi connectivity index (χ2n) is 4.16. The first-order valence-electron chi connectivity index (χ1n) is 5.88. The summed E-state index contributed by atoms with van der Waals surface area (Å²) in [6.45, 7) is 0. The summed E-state index contributed by atoms with van der Waals surface area (Å²) >= 11 is 27.4. The van der Waals surface area contributed by atoms with Gasteiger partial charge < -0.3 is 29.1 Å². The Morgan fingerprint density at radius 1 is 0.783 bits per heavy atom. The van der Waals surface area contributed by atoms with Gasteiger partial charge in [0.25, 0.3) is 8.72 Å². The van der Waals surface area contributed by atoms with Gasteiger partial charge in [0.15, 0.2) is 0 Å². The molecule has 0 saturated heterocycles. The van der Waals surface area contributed by atoms with E-state index in [-0.39, 0.29) is 34.5 Å². The van der Waals surface area contributed by atoms with Gasteiger partial charge in [0.2, 0.25) is 0 Å². The first-order chi connectivity index (χ1) is 10.2. The molecule has 0 nitrogen and oxygen atoms in total. The Kier molecular flexibility index (Phi) is 15.4. The Balaban J connectivity index is 0.000000403.